The van der Waals surface area contributed by atoms with E-state index in [0.29, 0.717) is 16.6 Å². The molecule has 122 valence electrons. The minimum atomic E-state index is -0.202. The van der Waals surface area contributed by atoms with Crippen LogP contribution in [0.15, 0.2) is 36.4 Å². The highest BCUT2D eigenvalue weighted by atomic mass is 35.5. The van der Waals surface area contributed by atoms with Crippen molar-refractivity contribution in [3.8, 4) is 5.75 Å². The van der Waals surface area contributed by atoms with Crippen LogP contribution in [0.3, 0.4) is 0 Å². The van der Waals surface area contributed by atoms with Crippen molar-refractivity contribution < 1.29 is 9.53 Å². The minimum absolute atomic E-state index is 0.0326. The second-order valence-electron chi connectivity index (χ2n) is 5.99. The van der Waals surface area contributed by atoms with E-state index in [1.165, 1.54) is 0 Å². The largest absolute Gasteiger partial charge is 0.483 e. The molecule has 23 heavy (non-hydrogen) atoms. The molecule has 0 aliphatic carbocycles. The Kier molecular flexibility index (Phi) is 5.67. The topological polar surface area (TPSA) is 38.3 Å². The summed E-state index contributed by atoms with van der Waals surface area (Å²) in [5.74, 6) is 0.897. The summed E-state index contributed by atoms with van der Waals surface area (Å²) in [7, 11) is 0. The molecular formula is C19H22ClNO2. The van der Waals surface area contributed by atoms with E-state index in [9.17, 15) is 4.79 Å². The molecular weight excluding hydrogens is 310 g/mol. The van der Waals surface area contributed by atoms with Gasteiger partial charge in [0.25, 0.3) is 5.91 Å². The number of halogens is 1. The molecule has 2 rings (SSSR count). The van der Waals surface area contributed by atoms with Crippen LogP contribution in [0, 0.1) is 13.8 Å². The fraction of sp³-hybridized carbons (Fsp3) is 0.316. The van der Waals surface area contributed by atoms with Crippen LogP contribution in [-0.2, 0) is 4.79 Å². The summed E-state index contributed by atoms with van der Waals surface area (Å²) in [6.07, 6.45) is 0. The van der Waals surface area contributed by atoms with Crippen LogP contribution in [0.2, 0.25) is 5.02 Å². The first-order valence-corrected chi connectivity index (χ1v) is 8.04. The monoisotopic (exact) mass is 331 g/mol. The molecule has 0 saturated heterocycles. The van der Waals surface area contributed by atoms with Crippen LogP contribution in [0.4, 0.5) is 5.69 Å². The Hall–Kier alpha value is -2.00. The number of nitrogens with one attached hydrogen (secondary N) is 1. The number of amides is 1. The summed E-state index contributed by atoms with van der Waals surface area (Å²) >= 11 is 5.96. The van der Waals surface area contributed by atoms with Crippen molar-refractivity contribution in [2.24, 2.45) is 0 Å². The average Bonchev–Trinajstić information content (AvgIpc) is 2.48. The summed E-state index contributed by atoms with van der Waals surface area (Å²) < 4.78 is 5.74. The van der Waals surface area contributed by atoms with E-state index in [2.05, 4.69) is 25.2 Å². The van der Waals surface area contributed by atoms with Crippen LogP contribution < -0.4 is 10.1 Å². The van der Waals surface area contributed by atoms with Gasteiger partial charge in [-0.2, -0.15) is 0 Å². The molecule has 0 atom stereocenters. The lowest BCUT2D eigenvalue weighted by Crippen LogP contribution is -2.21. The van der Waals surface area contributed by atoms with Gasteiger partial charge >= 0.3 is 0 Å². The molecule has 1 amide bonds. The molecule has 1 N–H and O–H groups in total. The van der Waals surface area contributed by atoms with Crippen molar-refractivity contribution in [2.45, 2.75) is 33.6 Å². The van der Waals surface area contributed by atoms with Gasteiger partial charge in [-0.1, -0.05) is 43.6 Å². The fourth-order valence-corrected chi connectivity index (χ4v) is 2.47. The number of rotatable bonds is 5. The molecule has 0 aliphatic heterocycles. The number of hydrogen-bond acceptors (Lipinski definition) is 2. The third-order valence-corrected chi connectivity index (χ3v) is 3.86. The number of anilines is 1. The maximum Gasteiger partial charge on any atom is 0.262 e. The highest BCUT2D eigenvalue weighted by Gasteiger charge is 2.11. The summed E-state index contributed by atoms with van der Waals surface area (Å²) in [5, 5.41) is 3.43. The predicted octanol–water partition coefficient (Wildman–Crippen LogP) is 5.10. The van der Waals surface area contributed by atoms with Gasteiger partial charge in [0.2, 0.25) is 0 Å². The molecule has 2 aromatic carbocycles. The standard InChI is InChI=1S/C19H22ClNO2/c1-12(2)16-8-5-13(3)9-18(16)23-11-19(22)21-17-10-15(20)7-6-14(17)4/h5-10,12H,11H2,1-4H3,(H,21,22). The van der Waals surface area contributed by atoms with E-state index in [0.717, 1.165) is 22.4 Å². The predicted molar refractivity (Wildman–Crippen MR) is 95.6 cm³/mol. The van der Waals surface area contributed by atoms with Gasteiger partial charge < -0.3 is 10.1 Å². The van der Waals surface area contributed by atoms with Gasteiger partial charge in [-0.3, -0.25) is 4.79 Å². The lowest BCUT2D eigenvalue weighted by Gasteiger charge is -2.15. The first kappa shape index (κ1) is 17.4. The normalized spacial score (nSPS) is 10.7. The van der Waals surface area contributed by atoms with Gasteiger partial charge in [-0.15, -0.1) is 0 Å². The minimum Gasteiger partial charge on any atom is -0.483 e. The van der Waals surface area contributed by atoms with E-state index < -0.39 is 0 Å². The Labute approximate surface area is 142 Å². The molecule has 0 saturated carbocycles. The van der Waals surface area contributed by atoms with Gasteiger partial charge in [-0.25, -0.2) is 0 Å². The van der Waals surface area contributed by atoms with E-state index in [4.69, 9.17) is 16.3 Å². The molecule has 0 fully saturated rings. The summed E-state index contributed by atoms with van der Waals surface area (Å²) in [6, 6.07) is 11.5. The van der Waals surface area contributed by atoms with Gasteiger partial charge in [0.15, 0.2) is 6.61 Å². The van der Waals surface area contributed by atoms with Crippen molar-refractivity contribution in [3.05, 3.63) is 58.1 Å². The van der Waals surface area contributed by atoms with Crippen molar-refractivity contribution >= 4 is 23.2 Å². The third kappa shape index (κ3) is 4.73. The maximum atomic E-state index is 12.1. The zero-order valence-corrected chi connectivity index (χ0v) is 14.7. The summed E-state index contributed by atoms with van der Waals surface area (Å²) in [4.78, 5) is 12.1. The maximum absolute atomic E-state index is 12.1. The number of carbonyl (C=O) groups excluding carboxylic acids is 1. The molecule has 0 radical (unpaired) electrons. The highest BCUT2D eigenvalue weighted by molar-refractivity contribution is 6.31. The number of benzene rings is 2. The molecule has 0 bridgehead atoms. The molecule has 4 heteroatoms. The number of carbonyl (C=O) groups is 1. The number of ether oxygens (including phenoxy) is 1. The summed E-state index contributed by atoms with van der Waals surface area (Å²) in [5.41, 5.74) is 3.87. The van der Waals surface area contributed by atoms with Crippen molar-refractivity contribution in [1.29, 1.82) is 0 Å². The van der Waals surface area contributed by atoms with Crippen molar-refractivity contribution in [3.63, 3.8) is 0 Å². The molecule has 0 unspecified atom stereocenters. The van der Waals surface area contributed by atoms with Crippen LogP contribution in [0.1, 0.15) is 36.5 Å². The lowest BCUT2D eigenvalue weighted by atomic mass is 10.0. The highest BCUT2D eigenvalue weighted by Crippen LogP contribution is 2.27. The third-order valence-electron chi connectivity index (χ3n) is 3.62. The van der Waals surface area contributed by atoms with E-state index in [1.807, 2.05) is 32.0 Å². The average molecular weight is 332 g/mol. The van der Waals surface area contributed by atoms with E-state index in [-0.39, 0.29) is 12.5 Å². The van der Waals surface area contributed by atoms with Gasteiger partial charge in [0.1, 0.15) is 5.75 Å². The molecule has 0 spiro atoms. The van der Waals surface area contributed by atoms with Crippen LogP contribution in [-0.4, -0.2) is 12.5 Å². The second kappa shape index (κ2) is 7.51. The zero-order chi connectivity index (χ0) is 17.0. The van der Waals surface area contributed by atoms with Crippen LogP contribution in [0.25, 0.3) is 0 Å². The Morgan fingerprint density at radius 3 is 2.61 bits per heavy atom. The first-order valence-electron chi connectivity index (χ1n) is 7.66. The molecule has 0 aliphatic rings. The lowest BCUT2D eigenvalue weighted by molar-refractivity contribution is -0.118. The number of aryl methyl sites for hydroxylation is 2. The second-order valence-corrected chi connectivity index (χ2v) is 6.43. The SMILES string of the molecule is Cc1ccc(C(C)C)c(OCC(=O)Nc2cc(Cl)ccc2C)c1. The molecule has 3 nitrogen and oxygen atoms in total. The van der Waals surface area contributed by atoms with Crippen LogP contribution >= 0.6 is 11.6 Å². The fourth-order valence-electron chi connectivity index (χ4n) is 2.30. The van der Waals surface area contributed by atoms with Crippen molar-refractivity contribution in [1.82, 2.24) is 0 Å². The zero-order valence-electron chi connectivity index (χ0n) is 13.9. The Balaban J connectivity index is 2.05. The van der Waals surface area contributed by atoms with Gasteiger partial charge in [0, 0.05) is 10.7 Å². The molecule has 2 aromatic rings. The summed E-state index contributed by atoms with van der Waals surface area (Å²) in [6.45, 7) is 8.10. The Morgan fingerprint density at radius 2 is 1.91 bits per heavy atom. The number of hydrogen-bond donors (Lipinski definition) is 1. The Morgan fingerprint density at radius 1 is 1.17 bits per heavy atom. The van der Waals surface area contributed by atoms with E-state index >= 15 is 0 Å². The first-order chi connectivity index (χ1) is 10.9. The van der Waals surface area contributed by atoms with Crippen molar-refractivity contribution in [2.75, 3.05) is 11.9 Å². The smallest absolute Gasteiger partial charge is 0.262 e. The van der Waals surface area contributed by atoms with E-state index in [1.54, 1.807) is 12.1 Å². The Bertz CT molecular complexity index is 711. The quantitative estimate of drug-likeness (QED) is 0.828. The van der Waals surface area contributed by atoms with Gasteiger partial charge in [0.05, 0.1) is 0 Å². The molecule has 0 aromatic heterocycles. The van der Waals surface area contributed by atoms with Crippen LogP contribution in [0.5, 0.6) is 5.75 Å². The molecule has 0 heterocycles. The van der Waals surface area contributed by atoms with Gasteiger partial charge in [-0.05, 0) is 54.7 Å².